The first-order valence-corrected chi connectivity index (χ1v) is 6.77. The summed E-state index contributed by atoms with van der Waals surface area (Å²) in [4.78, 5) is 0.189. The maximum absolute atomic E-state index is 11.7. The average Bonchev–Trinajstić information content (AvgIpc) is 2.28. The van der Waals surface area contributed by atoms with Gasteiger partial charge in [0.1, 0.15) is 4.99 Å². The molecule has 0 saturated heterocycles. The number of hydrogen-bond donors (Lipinski definition) is 1. The van der Waals surface area contributed by atoms with Gasteiger partial charge in [-0.25, -0.2) is 8.42 Å². The van der Waals surface area contributed by atoms with E-state index in [4.69, 9.17) is 18.0 Å². The Morgan fingerprint density at radius 2 is 2.00 bits per heavy atom. The standard InChI is InChI=1S/C10H14N2O2S2/c1-3-16(13,14)12(2)9-7-5-4-6-8(9)10(11)15/h4-7H,3H2,1-2H3,(H2,11,15). The molecule has 0 heterocycles. The van der Waals surface area contributed by atoms with E-state index in [-0.39, 0.29) is 10.7 Å². The van der Waals surface area contributed by atoms with Crippen molar-refractivity contribution in [2.75, 3.05) is 17.1 Å². The van der Waals surface area contributed by atoms with Crippen molar-refractivity contribution < 1.29 is 8.42 Å². The number of nitrogens with two attached hydrogens (primary N) is 1. The van der Waals surface area contributed by atoms with E-state index in [1.165, 1.54) is 11.4 Å². The molecular formula is C10H14N2O2S2. The summed E-state index contributed by atoms with van der Waals surface area (Å²) in [6.45, 7) is 1.59. The number of nitrogens with zero attached hydrogens (tertiary/aromatic N) is 1. The van der Waals surface area contributed by atoms with Gasteiger partial charge in [0.2, 0.25) is 10.0 Å². The Labute approximate surface area is 101 Å². The quantitative estimate of drug-likeness (QED) is 0.822. The minimum atomic E-state index is -3.29. The largest absolute Gasteiger partial charge is 0.389 e. The molecule has 1 rings (SSSR count). The van der Waals surface area contributed by atoms with Gasteiger partial charge in [-0.3, -0.25) is 4.31 Å². The van der Waals surface area contributed by atoms with Crippen LogP contribution >= 0.6 is 12.2 Å². The second kappa shape index (κ2) is 4.80. The molecule has 1 aromatic rings. The summed E-state index contributed by atoms with van der Waals surface area (Å²) in [6.07, 6.45) is 0. The summed E-state index contributed by atoms with van der Waals surface area (Å²) < 4.78 is 24.6. The van der Waals surface area contributed by atoms with Crippen LogP contribution in [0.5, 0.6) is 0 Å². The molecule has 0 bridgehead atoms. The molecule has 88 valence electrons. The first kappa shape index (κ1) is 12.9. The molecule has 1 aromatic carbocycles. The van der Waals surface area contributed by atoms with Crippen LogP contribution in [0.3, 0.4) is 0 Å². The third-order valence-corrected chi connectivity index (χ3v) is 4.27. The summed E-state index contributed by atoms with van der Waals surface area (Å²) >= 11 is 4.88. The van der Waals surface area contributed by atoms with Crippen LogP contribution in [-0.4, -0.2) is 26.2 Å². The second-order valence-electron chi connectivity index (χ2n) is 3.25. The summed E-state index contributed by atoms with van der Waals surface area (Å²) in [5.74, 6) is 0.0369. The fraction of sp³-hybridized carbons (Fsp3) is 0.300. The maximum atomic E-state index is 11.7. The third kappa shape index (κ3) is 2.51. The zero-order chi connectivity index (χ0) is 12.3. The van der Waals surface area contributed by atoms with Gasteiger partial charge >= 0.3 is 0 Å². The molecule has 0 aliphatic heterocycles. The van der Waals surface area contributed by atoms with Crippen LogP contribution in [0.2, 0.25) is 0 Å². The van der Waals surface area contributed by atoms with Crippen molar-refractivity contribution in [3.8, 4) is 0 Å². The summed E-state index contributed by atoms with van der Waals surface area (Å²) in [5, 5.41) is 0. The van der Waals surface area contributed by atoms with Gasteiger partial charge in [-0.1, -0.05) is 24.4 Å². The number of rotatable bonds is 4. The molecule has 0 radical (unpaired) electrons. The highest BCUT2D eigenvalue weighted by atomic mass is 32.2. The van der Waals surface area contributed by atoms with Crippen molar-refractivity contribution >= 4 is 32.9 Å². The monoisotopic (exact) mass is 258 g/mol. The van der Waals surface area contributed by atoms with Gasteiger partial charge < -0.3 is 5.73 Å². The lowest BCUT2D eigenvalue weighted by molar-refractivity contribution is 0.595. The van der Waals surface area contributed by atoms with Crippen LogP contribution < -0.4 is 10.0 Å². The Bertz CT molecular complexity index is 497. The van der Waals surface area contributed by atoms with E-state index in [1.807, 2.05) is 0 Å². The smallest absolute Gasteiger partial charge is 0.234 e. The number of hydrogen-bond acceptors (Lipinski definition) is 3. The van der Waals surface area contributed by atoms with Gasteiger partial charge in [-0.05, 0) is 19.1 Å². The fourth-order valence-corrected chi connectivity index (χ4v) is 2.32. The van der Waals surface area contributed by atoms with E-state index in [9.17, 15) is 8.42 Å². The van der Waals surface area contributed by atoms with Gasteiger partial charge in [-0.15, -0.1) is 0 Å². The topological polar surface area (TPSA) is 63.4 Å². The van der Waals surface area contributed by atoms with Gasteiger partial charge in [-0.2, -0.15) is 0 Å². The van der Waals surface area contributed by atoms with Gasteiger partial charge in [0.05, 0.1) is 11.4 Å². The van der Waals surface area contributed by atoms with Crippen LogP contribution in [0.15, 0.2) is 24.3 Å². The summed E-state index contributed by atoms with van der Waals surface area (Å²) in [5.41, 5.74) is 6.62. The number of sulfonamides is 1. The van der Waals surface area contributed by atoms with E-state index in [2.05, 4.69) is 0 Å². The molecule has 0 aliphatic carbocycles. The molecule has 0 aliphatic rings. The predicted octanol–water partition coefficient (Wildman–Crippen LogP) is 1.11. The van der Waals surface area contributed by atoms with Crippen LogP contribution in [0.1, 0.15) is 12.5 Å². The van der Waals surface area contributed by atoms with Crippen molar-refractivity contribution in [1.29, 1.82) is 0 Å². The SMILES string of the molecule is CCS(=O)(=O)N(C)c1ccccc1C(N)=S. The number of thiocarbonyl (C=S) groups is 1. The molecule has 0 spiro atoms. The van der Waals surface area contributed by atoms with Crippen LogP contribution in [0.4, 0.5) is 5.69 Å². The fourth-order valence-electron chi connectivity index (χ4n) is 1.30. The summed E-state index contributed by atoms with van der Waals surface area (Å²) in [7, 11) is -1.79. The second-order valence-corrected chi connectivity index (χ2v) is 5.98. The Hall–Kier alpha value is -1.14. The third-order valence-electron chi connectivity index (χ3n) is 2.29. The van der Waals surface area contributed by atoms with E-state index in [0.29, 0.717) is 11.3 Å². The molecule has 0 fully saturated rings. The van der Waals surface area contributed by atoms with E-state index >= 15 is 0 Å². The molecule has 4 nitrogen and oxygen atoms in total. The number of benzene rings is 1. The zero-order valence-corrected chi connectivity index (χ0v) is 10.8. The van der Waals surface area contributed by atoms with Gasteiger partial charge in [0.15, 0.2) is 0 Å². The normalized spacial score (nSPS) is 11.1. The highest BCUT2D eigenvalue weighted by Gasteiger charge is 2.18. The molecule has 6 heteroatoms. The molecule has 0 aromatic heterocycles. The van der Waals surface area contributed by atoms with E-state index < -0.39 is 10.0 Å². The highest BCUT2D eigenvalue weighted by molar-refractivity contribution is 7.92. The Morgan fingerprint density at radius 1 is 1.44 bits per heavy atom. The summed E-state index contributed by atoms with van der Waals surface area (Å²) in [6, 6.07) is 6.91. The van der Waals surface area contributed by atoms with Crippen molar-refractivity contribution in [3.63, 3.8) is 0 Å². The molecule has 0 saturated carbocycles. The molecule has 2 N–H and O–H groups in total. The Balaban J connectivity index is 3.29. The van der Waals surface area contributed by atoms with E-state index in [0.717, 1.165) is 0 Å². The first-order valence-electron chi connectivity index (χ1n) is 4.75. The van der Waals surface area contributed by atoms with Gasteiger partial charge in [0.25, 0.3) is 0 Å². The van der Waals surface area contributed by atoms with Crippen molar-refractivity contribution in [2.24, 2.45) is 5.73 Å². The molecule has 0 unspecified atom stereocenters. The maximum Gasteiger partial charge on any atom is 0.234 e. The van der Waals surface area contributed by atoms with Crippen LogP contribution in [0, 0.1) is 0 Å². The molecule has 0 atom stereocenters. The van der Waals surface area contributed by atoms with Crippen molar-refractivity contribution in [2.45, 2.75) is 6.92 Å². The Kier molecular flexibility index (Phi) is 3.88. The van der Waals surface area contributed by atoms with Crippen molar-refractivity contribution in [1.82, 2.24) is 0 Å². The molecular weight excluding hydrogens is 244 g/mol. The molecule has 16 heavy (non-hydrogen) atoms. The van der Waals surface area contributed by atoms with Crippen LogP contribution in [-0.2, 0) is 10.0 Å². The predicted molar refractivity (Wildman–Crippen MR) is 70.2 cm³/mol. The highest BCUT2D eigenvalue weighted by Crippen LogP contribution is 2.21. The van der Waals surface area contributed by atoms with Gasteiger partial charge in [0, 0.05) is 12.6 Å². The first-order chi connectivity index (χ1) is 7.40. The Morgan fingerprint density at radius 3 is 2.50 bits per heavy atom. The lowest BCUT2D eigenvalue weighted by Gasteiger charge is -2.21. The van der Waals surface area contributed by atoms with Crippen molar-refractivity contribution in [3.05, 3.63) is 29.8 Å². The average molecular weight is 258 g/mol. The lowest BCUT2D eigenvalue weighted by atomic mass is 10.2. The molecule has 0 amide bonds. The zero-order valence-electron chi connectivity index (χ0n) is 9.17. The minimum Gasteiger partial charge on any atom is -0.389 e. The number of para-hydroxylation sites is 1. The minimum absolute atomic E-state index is 0.0369. The van der Waals surface area contributed by atoms with E-state index in [1.54, 1.807) is 31.2 Å². The van der Waals surface area contributed by atoms with Crippen LogP contribution in [0.25, 0.3) is 0 Å². The lowest BCUT2D eigenvalue weighted by Crippen LogP contribution is -2.30. The number of anilines is 1.